The highest BCUT2D eigenvalue weighted by Gasteiger charge is 2.32. The number of nitrogens with zero attached hydrogens (tertiary/aromatic N) is 2. The van der Waals surface area contributed by atoms with Crippen LogP contribution >= 0.6 is 0 Å². The van der Waals surface area contributed by atoms with E-state index in [-0.39, 0.29) is 18.2 Å². The second-order valence-electron chi connectivity index (χ2n) is 5.32. The Balaban J connectivity index is 1.85. The van der Waals surface area contributed by atoms with Gasteiger partial charge in [0, 0.05) is 12.3 Å². The fraction of sp³-hybridized carbons (Fsp3) is 0.235. The van der Waals surface area contributed by atoms with Gasteiger partial charge in [0.1, 0.15) is 18.1 Å². The molecular formula is C17H16FN3O3. The topological polar surface area (TPSA) is 71.5 Å². The Morgan fingerprint density at radius 2 is 2.25 bits per heavy atom. The van der Waals surface area contributed by atoms with Crippen molar-refractivity contribution in [3.63, 3.8) is 0 Å². The first-order valence-electron chi connectivity index (χ1n) is 7.57. The monoisotopic (exact) mass is 329 g/mol. The molecule has 0 saturated carbocycles. The maximum Gasteiger partial charge on any atom is 0.269 e. The molecule has 0 bridgehead atoms. The summed E-state index contributed by atoms with van der Waals surface area (Å²) < 4.78 is 18.9. The summed E-state index contributed by atoms with van der Waals surface area (Å²) in [4.78, 5) is 30.1. The van der Waals surface area contributed by atoms with Crippen LogP contribution in [0.5, 0.6) is 5.75 Å². The van der Waals surface area contributed by atoms with Crippen LogP contribution in [0.15, 0.2) is 42.6 Å². The molecule has 1 aromatic heterocycles. The average molecular weight is 329 g/mol. The van der Waals surface area contributed by atoms with Gasteiger partial charge in [-0.3, -0.25) is 14.5 Å². The van der Waals surface area contributed by atoms with Crippen molar-refractivity contribution >= 4 is 23.3 Å². The molecule has 1 aliphatic heterocycles. The van der Waals surface area contributed by atoms with Crippen LogP contribution in [0, 0.1) is 5.82 Å². The number of rotatable bonds is 4. The highest BCUT2D eigenvalue weighted by atomic mass is 19.1. The molecule has 0 fully saturated rings. The third-order valence-electron chi connectivity index (χ3n) is 3.60. The van der Waals surface area contributed by atoms with Gasteiger partial charge in [-0.15, -0.1) is 0 Å². The zero-order valence-electron chi connectivity index (χ0n) is 13.0. The second-order valence-corrected chi connectivity index (χ2v) is 5.32. The van der Waals surface area contributed by atoms with E-state index in [4.69, 9.17) is 4.74 Å². The average Bonchev–Trinajstić information content (AvgIpc) is 2.58. The van der Waals surface area contributed by atoms with E-state index < -0.39 is 17.8 Å². The van der Waals surface area contributed by atoms with E-state index in [2.05, 4.69) is 10.3 Å². The van der Waals surface area contributed by atoms with Gasteiger partial charge in [0.05, 0.1) is 5.69 Å². The van der Waals surface area contributed by atoms with Crippen molar-refractivity contribution in [2.45, 2.75) is 19.4 Å². The molecule has 1 unspecified atom stereocenters. The van der Waals surface area contributed by atoms with E-state index in [0.717, 1.165) is 0 Å². The van der Waals surface area contributed by atoms with Crippen molar-refractivity contribution in [2.75, 3.05) is 16.8 Å². The summed E-state index contributed by atoms with van der Waals surface area (Å²) in [6, 6.07) is 8.94. The third-order valence-corrected chi connectivity index (χ3v) is 3.60. The minimum atomic E-state index is -0.840. The molecule has 2 amide bonds. The number of fused-ring (bicyclic) bond motifs is 1. The number of anilines is 2. The second kappa shape index (κ2) is 6.66. The molecule has 1 N–H and O–H groups in total. The van der Waals surface area contributed by atoms with E-state index in [1.807, 2.05) is 0 Å². The number of carbonyl (C=O) groups is 2. The van der Waals surface area contributed by atoms with Crippen molar-refractivity contribution in [2.24, 2.45) is 0 Å². The lowest BCUT2D eigenvalue weighted by Crippen LogP contribution is -2.48. The fourth-order valence-corrected chi connectivity index (χ4v) is 2.49. The number of hydrogen-bond donors (Lipinski definition) is 1. The van der Waals surface area contributed by atoms with Crippen LogP contribution in [-0.4, -0.2) is 29.4 Å². The maximum atomic E-state index is 13.3. The van der Waals surface area contributed by atoms with Gasteiger partial charge in [0.2, 0.25) is 5.91 Å². The van der Waals surface area contributed by atoms with Crippen molar-refractivity contribution in [3.8, 4) is 5.75 Å². The predicted octanol–water partition coefficient (Wildman–Crippen LogP) is 2.36. The highest BCUT2D eigenvalue weighted by Crippen LogP contribution is 2.27. The first-order chi connectivity index (χ1) is 11.6. The molecule has 0 saturated heterocycles. The van der Waals surface area contributed by atoms with Gasteiger partial charge >= 0.3 is 0 Å². The lowest BCUT2D eigenvalue weighted by Gasteiger charge is -2.30. The van der Waals surface area contributed by atoms with Crippen LogP contribution < -0.4 is 15.0 Å². The lowest BCUT2D eigenvalue weighted by molar-refractivity contribution is -0.127. The summed E-state index contributed by atoms with van der Waals surface area (Å²) >= 11 is 0. The smallest absolute Gasteiger partial charge is 0.269 e. The van der Waals surface area contributed by atoms with E-state index in [1.165, 1.54) is 23.1 Å². The molecule has 1 aliphatic rings. The number of amides is 2. The Hall–Kier alpha value is -2.96. The number of pyridine rings is 1. The van der Waals surface area contributed by atoms with E-state index in [0.29, 0.717) is 17.9 Å². The standard InChI is InChI=1S/C17H16FN3O3/c1-2-14(24-12-6-3-5-11(18)9-12)17(23)21-10-15(22)20-13-7-4-8-19-16(13)21/h3-9,14H,2,10H2,1H3,(H,20,22). The zero-order chi connectivity index (χ0) is 17.1. The minimum Gasteiger partial charge on any atom is -0.480 e. The van der Waals surface area contributed by atoms with Crippen molar-refractivity contribution < 1.29 is 18.7 Å². The predicted molar refractivity (Wildman–Crippen MR) is 86.3 cm³/mol. The largest absolute Gasteiger partial charge is 0.480 e. The number of ether oxygens (including phenoxy) is 1. The van der Waals surface area contributed by atoms with Gasteiger partial charge in [-0.1, -0.05) is 13.0 Å². The normalized spacial score (nSPS) is 14.6. The number of carbonyl (C=O) groups excluding carboxylic acids is 2. The van der Waals surface area contributed by atoms with Gasteiger partial charge < -0.3 is 10.1 Å². The molecule has 1 aromatic carbocycles. The maximum absolute atomic E-state index is 13.3. The van der Waals surface area contributed by atoms with E-state index in [1.54, 1.807) is 31.3 Å². The molecule has 24 heavy (non-hydrogen) atoms. The summed E-state index contributed by atoms with van der Waals surface area (Å²) in [6.07, 6.45) is 1.08. The molecule has 7 heteroatoms. The summed E-state index contributed by atoms with van der Waals surface area (Å²) in [5.41, 5.74) is 0.475. The number of aromatic nitrogens is 1. The summed E-state index contributed by atoms with van der Waals surface area (Å²) in [7, 11) is 0. The van der Waals surface area contributed by atoms with Crippen molar-refractivity contribution in [1.29, 1.82) is 0 Å². The van der Waals surface area contributed by atoms with Gasteiger partial charge in [0.15, 0.2) is 11.9 Å². The molecule has 2 aromatic rings. The van der Waals surface area contributed by atoms with Crippen LogP contribution in [0.2, 0.25) is 0 Å². The molecule has 0 spiro atoms. The summed E-state index contributed by atoms with van der Waals surface area (Å²) in [6.45, 7) is 1.65. The molecule has 124 valence electrons. The van der Waals surface area contributed by atoms with Crippen molar-refractivity contribution in [3.05, 3.63) is 48.4 Å². The third kappa shape index (κ3) is 3.19. The van der Waals surface area contributed by atoms with E-state index in [9.17, 15) is 14.0 Å². The van der Waals surface area contributed by atoms with Gasteiger partial charge in [0.25, 0.3) is 5.91 Å². The van der Waals surface area contributed by atoms with Crippen LogP contribution in [0.4, 0.5) is 15.9 Å². The van der Waals surface area contributed by atoms with E-state index >= 15 is 0 Å². The molecule has 0 radical (unpaired) electrons. The zero-order valence-corrected chi connectivity index (χ0v) is 13.0. The Labute approximate surface area is 138 Å². The number of nitrogens with one attached hydrogen (secondary N) is 1. The molecular weight excluding hydrogens is 313 g/mol. The fourth-order valence-electron chi connectivity index (χ4n) is 2.49. The number of hydrogen-bond acceptors (Lipinski definition) is 4. The van der Waals surface area contributed by atoms with Crippen LogP contribution in [0.3, 0.4) is 0 Å². The SMILES string of the molecule is CCC(Oc1cccc(F)c1)C(=O)N1CC(=O)Nc2cccnc21. The molecule has 2 heterocycles. The first-order valence-corrected chi connectivity index (χ1v) is 7.57. The Kier molecular flexibility index (Phi) is 4.41. The molecule has 3 rings (SSSR count). The summed E-state index contributed by atoms with van der Waals surface area (Å²) in [5.74, 6) is -0.499. The van der Waals surface area contributed by atoms with Gasteiger partial charge in [-0.05, 0) is 30.7 Å². The quantitative estimate of drug-likeness (QED) is 0.935. The highest BCUT2D eigenvalue weighted by molar-refractivity contribution is 6.10. The number of halogens is 1. The Morgan fingerprint density at radius 3 is 3.00 bits per heavy atom. The Morgan fingerprint density at radius 1 is 1.42 bits per heavy atom. The van der Waals surface area contributed by atoms with Crippen molar-refractivity contribution in [1.82, 2.24) is 4.98 Å². The minimum absolute atomic E-state index is 0.133. The van der Waals surface area contributed by atoms with Gasteiger partial charge in [-0.2, -0.15) is 0 Å². The number of benzene rings is 1. The van der Waals surface area contributed by atoms with Crippen LogP contribution in [-0.2, 0) is 9.59 Å². The first kappa shape index (κ1) is 15.9. The molecule has 6 nitrogen and oxygen atoms in total. The lowest BCUT2D eigenvalue weighted by atomic mass is 10.2. The van der Waals surface area contributed by atoms with Crippen LogP contribution in [0.25, 0.3) is 0 Å². The van der Waals surface area contributed by atoms with Gasteiger partial charge in [-0.25, -0.2) is 9.37 Å². The Bertz CT molecular complexity index is 781. The summed E-state index contributed by atoms with van der Waals surface area (Å²) in [5, 5.41) is 2.67. The molecule has 0 aliphatic carbocycles. The molecule has 1 atom stereocenters. The van der Waals surface area contributed by atoms with Crippen LogP contribution in [0.1, 0.15) is 13.3 Å².